The van der Waals surface area contributed by atoms with Crippen LogP contribution in [0.3, 0.4) is 0 Å². The van der Waals surface area contributed by atoms with Gasteiger partial charge in [-0.15, -0.1) is 0 Å². The first-order valence-corrected chi connectivity index (χ1v) is 6.66. The molecule has 1 N–H and O–H groups in total. The van der Waals surface area contributed by atoms with E-state index in [9.17, 15) is 5.11 Å². The van der Waals surface area contributed by atoms with Crippen molar-refractivity contribution in [2.45, 2.75) is 51.6 Å². The summed E-state index contributed by atoms with van der Waals surface area (Å²) in [5.41, 5.74) is -0.447. The summed E-state index contributed by atoms with van der Waals surface area (Å²) in [7, 11) is 0. The lowest BCUT2D eigenvalue weighted by Crippen LogP contribution is -2.31. The van der Waals surface area contributed by atoms with Crippen LogP contribution in [0.5, 0.6) is 0 Å². The number of unbranched alkanes of at least 4 members (excludes halogenated alkanes) is 1. The van der Waals surface area contributed by atoms with Crippen LogP contribution in [0.1, 0.15) is 46.0 Å². The highest BCUT2D eigenvalue weighted by molar-refractivity contribution is 4.78. The van der Waals surface area contributed by atoms with Gasteiger partial charge in [0.05, 0.1) is 12.2 Å². The summed E-state index contributed by atoms with van der Waals surface area (Å²) in [6.07, 6.45) is 5.28. The van der Waals surface area contributed by atoms with Gasteiger partial charge < -0.3 is 14.7 Å². The van der Waals surface area contributed by atoms with Gasteiger partial charge in [0.2, 0.25) is 0 Å². The summed E-state index contributed by atoms with van der Waals surface area (Å²) in [6.45, 7) is 8.98. The molecule has 1 saturated heterocycles. The van der Waals surface area contributed by atoms with Gasteiger partial charge >= 0.3 is 0 Å². The zero-order chi connectivity index (χ0) is 11.9. The second-order valence-corrected chi connectivity index (χ2v) is 5.16. The Morgan fingerprint density at radius 2 is 2.06 bits per heavy atom. The zero-order valence-electron chi connectivity index (χ0n) is 10.9. The van der Waals surface area contributed by atoms with Crippen LogP contribution in [0.4, 0.5) is 0 Å². The number of aliphatic hydroxyl groups is 1. The lowest BCUT2D eigenvalue weighted by Gasteiger charge is -2.22. The average molecular weight is 229 g/mol. The van der Waals surface area contributed by atoms with Crippen molar-refractivity contribution in [3.8, 4) is 0 Å². The molecule has 1 aliphatic rings. The second kappa shape index (κ2) is 7.25. The van der Waals surface area contributed by atoms with Gasteiger partial charge in [-0.25, -0.2) is 0 Å². The summed E-state index contributed by atoms with van der Waals surface area (Å²) in [6, 6.07) is 0. The molecule has 1 unspecified atom stereocenters. The maximum atomic E-state index is 9.96. The van der Waals surface area contributed by atoms with Crippen molar-refractivity contribution >= 4 is 0 Å². The Labute approximate surface area is 99.8 Å². The Kier molecular flexibility index (Phi) is 6.32. The number of ether oxygens (including phenoxy) is 1. The Hall–Kier alpha value is -0.120. The Morgan fingerprint density at radius 1 is 1.25 bits per heavy atom. The van der Waals surface area contributed by atoms with Crippen LogP contribution in [0, 0.1) is 0 Å². The van der Waals surface area contributed by atoms with E-state index in [1.165, 1.54) is 6.42 Å². The molecular formula is C13H27NO2. The molecule has 1 fully saturated rings. The van der Waals surface area contributed by atoms with Gasteiger partial charge in [-0.2, -0.15) is 0 Å². The third kappa shape index (κ3) is 5.83. The van der Waals surface area contributed by atoms with Gasteiger partial charge in [-0.3, -0.25) is 0 Å². The molecule has 0 amide bonds. The van der Waals surface area contributed by atoms with Gasteiger partial charge in [-0.1, -0.05) is 13.3 Å². The highest BCUT2D eigenvalue weighted by atomic mass is 16.5. The lowest BCUT2D eigenvalue weighted by molar-refractivity contribution is 0.0427. The van der Waals surface area contributed by atoms with E-state index in [-0.39, 0.29) is 0 Å². The number of hydrogen-bond acceptors (Lipinski definition) is 3. The van der Waals surface area contributed by atoms with E-state index in [1.807, 2.05) is 6.92 Å². The molecule has 0 bridgehead atoms. The first-order valence-electron chi connectivity index (χ1n) is 6.66. The van der Waals surface area contributed by atoms with E-state index in [0.29, 0.717) is 0 Å². The minimum Gasteiger partial charge on any atom is -0.390 e. The molecule has 96 valence electrons. The van der Waals surface area contributed by atoms with E-state index in [0.717, 1.165) is 58.5 Å². The van der Waals surface area contributed by atoms with Crippen molar-refractivity contribution in [1.29, 1.82) is 0 Å². The van der Waals surface area contributed by atoms with Gasteiger partial charge in [0, 0.05) is 19.7 Å². The molecule has 1 aliphatic heterocycles. The van der Waals surface area contributed by atoms with E-state index in [4.69, 9.17) is 4.74 Å². The van der Waals surface area contributed by atoms with Crippen molar-refractivity contribution in [2.75, 3.05) is 32.8 Å². The van der Waals surface area contributed by atoms with E-state index in [1.54, 1.807) is 0 Å². The molecule has 0 aliphatic carbocycles. The van der Waals surface area contributed by atoms with Crippen LogP contribution >= 0.6 is 0 Å². The van der Waals surface area contributed by atoms with Crippen molar-refractivity contribution in [3.05, 3.63) is 0 Å². The molecule has 0 aromatic carbocycles. The largest absolute Gasteiger partial charge is 0.390 e. The van der Waals surface area contributed by atoms with Crippen LogP contribution in [0.2, 0.25) is 0 Å². The van der Waals surface area contributed by atoms with E-state index in [2.05, 4.69) is 11.8 Å². The van der Waals surface area contributed by atoms with Crippen LogP contribution in [0.25, 0.3) is 0 Å². The number of hydrogen-bond donors (Lipinski definition) is 1. The molecule has 3 heteroatoms. The normalized spacial score (nSPS) is 27.9. The second-order valence-electron chi connectivity index (χ2n) is 5.16. The Morgan fingerprint density at radius 3 is 2.81 bits per heavy atom. The van der Waals surface area contributed by atoms with Gasteiger partial charge in [0.1, 0.15) is 0 Å². The highest BCUT2D eigenvalue weighted by Gasteiger charge is 2.24. The average Bonchev–Trinajstić information content (AvgIpc) is 2.40. The topological polar surface area (TPSA) is 32.7 Å². The fourth-order valence-electron chi connectivity index (χ4n) is 2.08. The highest BCUT2D eigenvalue weighted by Crippen LogP contribution is 2.20. The summed E-state index contributed by atoms with van der Waals surface area (Å²) in [5.74, 6) is 0. The molecule has 3 nitrogen and oxygen atoms in total. The van der Waals surface area contributed by atoms with Crippen LogP contribution < -0.4 is 0 Å². The standard InChI is InChI=1S/C13H27NO2/c1-3-4-11-16-12-10-14-8-5-6-13(2,15)7-9-14/h15H,3-12H2,1-2H3. The van der Waals surface area contributed by atoms with Crippen LogP contribution in [0.15, 0.2) is 0 Å². The summed E-state index contributed by atoms with van der Waals surface area (Å²) in [5, 5.41) is 9.96. The molecule has 0 saturated carbocycles. The van der Waals surface area contributed by atoms with E-state index < -0.39 is 5.60 Å². The predicted octanol–water partition coefficient (Wildman–Crippen LogP) is 2.04. The smallest absolute Gasteiger partial charge is 0.0632 e. The minimum absolute atomic E-state index is 0.447. The fourth-order valence-corrected chi connectivity index (χ4v) is 2.08. The monoisotopic (exact) mass is 229 g/mol. The summed E-state index contributed by atoms with van der Waals surface area (Å²) in [4.78, 5) is 2.41. The summed E-state index contributed by atoms with van der Waals surface area (Å²) < 4.78 is 5.57. The number of rotatable bonds is 6. The van der Waals surface area contributed by atoms with Crippen molar-refractivity contribution < 1.29 is 9.84 Å². The fraction of sp³-hybridized carbons (Fsp3) is 1.00. The minimum atomic E-state index is -0.447. The van der Waals surface area contributed by atoms with Crippen molar-refractivity contribution in [1.82, 2.24) is 4.90 Å². The predicted molar refractivity (Wildman–Crippen MR) is 66.6 cm³/mol. The molecule has 1 rings (SSSR count). The van der Waals surface area contributed by atoms with Crippen LogP contribution in [-0.2, 0) is 4.74 Å². The third-order valence-corrected chi connectivity index (χ3v) is 3.35. The maximum absolute atomic E-state index is 9.96. The quantitative estimate of drug-likeness (QED) is 0.708. The Bertz CT molecular complexity index is 183. The summed E-state index contributed by atoms with van der Waals surface area (Å²) >= 11 is 0. The lowest BCUT2D eigenvalue weighted by atomic mass is 9.98. The number of nitrogens with zero attached hydrogens (tertiary/aromatic N) is 1. The molecule has 1 heterocycles. The number of likely N-dealkylation sites (tertiary alicyclic amines) is 1. The van der Waals surface area contributed by atoms with Crippen molar-refractivity contribution in [2.24, 2.45) is 0 Å². The molecule has 16 heavy (non-hydrogen) atoms. The van der Waals surface area contributed by atoms with Crippen LogP contribution in [-0.4, -0.2) is 48.5 Å². The molecule has 0 aromatic rings. The van der Waals surface area contributed by atoms with Crippen molar-refractivity contribution in [3.63, 3.8) is 0 Å². The molecule has 0 spiro atoms. The SMILES string of the molecule is CCCCOCCN1CCCC(C)(O)CC1. The molecule has 0 radical (unpaired) electrons. The van der Waals surface area contributed by atoms with E-state index >= 15 is 0 Å². The first-order chi connectivity index (χ1) is 7.64. The Balaban J connectivity index is 2.08. The molecule has 1 atom stereocenters. The zero-order valence-corrected chi connectivity index (χ0v) is 10.9. The first kappa shape index (κ1) is 13.9. The maximum Gasteiger partial charge on any atom is 0.0632 e. The molecule has 0 aromatic heterocycles. The van der Waals surface area contributed by atoms with Gasteiger partial charge in [-0.05, 0) is 39.2 Å². The van der Waals surface area contributed by atoms with Gasteiger partial charge in [0.15, 0.2) is 0 Å². The third-order valence-electron chi connectivity index (χ3n) is 3.35. The van der Waals surface area contributed by atoms with Gasteiger partial charge in [0.25, 0.3) is 0 Å². The molecular weight excluding hydrogens is 202 g/mol.